The zero-order valence-corrected chi connectivity index (χ0v) is 36.9. The Balaban J connectivity index is 1.00. The van der Waals surface area contributed by atoms with Crippen LogP contribution in [-0.2, 0) is 16.1 Å². The smallest absolute Gasteiger partial charge is 0.236 e. The predicted octanol–water partition coefficient (Wildman–Crippen LogP) is 11.1. The summed E-state index contributed by atoms with van der Waals surface area (Å²) in [5.74, 6) is 1.11. The SMILES string of the molecule is COc1ccc(-c2cc(-c3cccc(-c4cccc(CNC(=O)CSc5nc(-c6cccs6)cc(-c6ccccc6)c5C#N)c4)c3)nc(SCC(=O)Nc3cc(C)on3)c2C#N)cc1. The molecule has 0 saturated carbocycles. The summed E-state index contributed by atoms with van der Waals surface area (Å²) in [5, 5.41) is 33.2. The van der Waals surface area contributed by atoms with E-state index in [0.29, 0.717) is 56.3 Å². The van der Waals surface area contributed by atoms with E-state index in [0.717, 1.165) is 61.3 Å². The lowest BCUT2D eigenvalue weighted by atomic mass is 9.97. The van der Waals surface area contributed by atoms with Crippen LogP contribution in [0.25, 0.3) is 55.2 Å². The number of benzene rings is 4. The largest absolute Gasteiger partial charge is 0.497 e. The number of thiophene rings is 1. The first-order chi connectivity index (χ1) is 31.3. The summed E-state index contributed by atoms with van der Waals surface area (Å²) in [6, 6.07) is 47.1. The lowest BCUT2D eigenvalue weighted by Crippen LogP contribution is -2.24. The average molecular weight is 896 g/mol. The van der Waals surface area contributed by atoms with Crippen LogP contribution in [0.2, 0.25) is 0 Å². The van der Waals surface area contributed by atoms with Crippen LogP contribution in [0, 0.1) is 29.6 Å². The van der Waals surface area contributed by atoms with Crippen molar-refractivity contribution in [1.29, 1.82) is 10.5 Å². The monoisotopic (exact) mass is 895 g/mol. The summed E-state index contributed by atoms with van der Waals surface area (Å²) in [5.41, 5.74) is 8.85. The zero-order valence-electron chi connectivity index (χ0n) is 34.5. The van der Waals surface area contributed by atoms with Gasteiger partial charge in [0, 0.05) is 29.3 Å². The topological polar surface area (TPSA) is 167 Å². The van der Waals surface area contributed by atoms with Gasteiger partial charge in [0.25, 0.3) is 0 Å². The van der Waals surface area contributed by atoms with Gasteiger partial charge in [-0.3, -0.25) is 9.59 Å². The molecule has 0 aliphatic heterocycles. The Labute approximate surface area is 382 Å². The van der Waals surface area contributed by atoms with E-state index in [1.807, 2.05) is 133 Å². The summed E-state index contributed by atoms with van der Waals surface area (Å²) in [6.45, 7) is 2.03. The highest BCUT2D eigenvalue weighted by Crippen LogP contribution is 2.37. The number of amides is 2. The number of hydrogen-bond acceptors (Lipinski definition) is 12. The molecule has 0 aliphatic rings. The lowest BCUT2D eigenvalue weighted by Gasteiger charge is -2.14. The van der Waals surface area contributed by atoms with E-state index in [1.54, 1.807) is 31.4 Å². The summed E-state index contributed by atoms with van der Waals surface area (Å²) >= 11 is 3.98. The number of carbonyl (C=O) groups is 2. The molecule has 2 N–H and O–H groups in total. The maximum Gasteiger partial charge on any atom is 0.236 e. The first-order valence-electron chi connectivity index (χ1n) is 19.9. The number of anilines is 1. The molecule has 4 heterocycles. The van der Waals surface area contributed by atoms with E-state index in [2.05, 4.69) is 27.9 Å². The zero-order chi connectivity index (χ0) is 44.4. The highest BCUT2D eigenvalue weighted by atomic mass is 32.2. The molecule has 2 amide bonds. The standard InChI is InChI=1S/C50H37N7O4S3/c1-31-21-46(57-61-31)56-48(59)30-64-49-41(26-51)39(34-16-18-38(60-2)19-17-34)24-43(54-49)37-14-7-13-36(23-37)35-12-6-9-32(22-35)28-53-47(58)29-63-50-42(27-52)40(33-10-4-3-5-11-33)25-44(55-50)45-15-8-20-62-45/h3-25H,28-30H2,1-2H3,(H,53,58)(H,56,57,59). The average Bonchev–Trinajstić information content (AvgIpc) is 4.04. The quantitative estimate of drug-likeness (QED) is 0.0940. The minimum absolute atomic E-state index is 0.0170. The van der Waals surface area contributed by atoms with Gasteiger partial charge in [0.2, 0.25) is 11.8 Å². The van der Waals surface area contributed by atoms with Crippen molar-refractivity contribution in [3.63, 3.8) is 0 Å². The molecule has 8 rings (SSSR count). The van der Waals surface area contributed by atoms with Gasteiger partial charge in [-0.2, -0.15) is 10.5 Å². The molecular weight excluding hydrogens is 859 g/mol. The number of aryl methyl sites for hydroxylation is 1. The normalized spacial score (nSPS) is 10.8. The summed E-state index contributed by atoms with van der Waals surface area (Å²) in [7, 11) is 1.60. The van der Waals surface area contributed by atoms with Crippen LogP contribution in [0.3, 0.4) is 0 Å². The van der Waals surface area contributed by atoms with E-state index in [9.17, 15) is 20.1 Å². The Morgan fingerprint density at radius 3 is 1.97 bits per heavy atom. The van der Waals surface area contributed by atoms with E-state index < -0.39 is 0 Å². The third-order valence-electron chi connectivity index (χ3n) is 9.94. The second-order valence-corrected chi connectivity index (χ2v) is 17.1. The van der Waals surface area contributed by atoms with Crippen molar-refractivity contribution in [2.45, 2.75) is 23.5 Å². The van der Waals surface area contributed by atoms with E-state index in [1.165, 1.54) is 11.8 Å². The van der Waals surface area contributed by atoms with Gasteiger partial charge >= 0.3 is 0 Å². The molecule has 0 radical (unpaired) electrons. The molecule has 8 aromatic rings. The Morgan fingerprint density at radius 2 is 1.31 bits per heavy atom. The van der Waals surface area contributed by atoms with Gasteiger partial charge in [-0.15, -0.1) is 11.3 Å². The van der Waals surface area contributed by atoms with Gasteiger partial charge in [0.1, 0.15) is 33.7 Å². The molecule has 14 heteroatoms. The summed E-state index contributed by atoms with van der Waals surface area (Å²) < 4.78 is 10.5. The fourth-order valence-electron chi connectivity index (χ4n) is 6.85. The highest BCUT2D eigenvalue weighted by Gasteiger charge is 2.20. The number of aromatic nitrogens is 3. The van der Waals surface area contributed by atoms with Crippen LogP contribution in [-0.4, -0.2) is 45.6 Å². The Kier molecular flexibility index (Phi) is 13.6. The maximum atomic E-state index is 13.3. The van der Waals surface area contributed by atoms with Crippen LogP contribution < -0.4 is 15.4 Å². The first kappa shape index (κ1) is 43.2. The molecule has 314 valence electrons. The molecule has 11 nitrogen and oxygen atoms in total. The Hall–Kier alpha value is -7.49. The minimum atomic E-state index is -0.320. The van der Waals surface area contributed by atoms with Crippen molar-refractivity contribution in [2.75, 3.05) is 23.9 Å². The third-order valence-corrected chi connectivity index (χ3v) is 12.8. The van der Waals surface area contributed by atoms with Crippen molar-refractivity contribution in [3.8, 4) is 73.1 Å². The molecule has 0 spiro atoms. The summed E-state index contributed by atoms with van der Waals surface area (Å²) in [4.78, 5) is 37.0. The van der Waals surface area contributed by atoms with Crippen LogP contribution in [0.15, 0.2) is 153 Å². The Morgan fingerprint density at radius 1 is 0.688 bits per heavy atom. The van der Waals surface area contributed by atoms with E-state index in [-0.39, 0.29) is 23.3 Å². The highest BCUT2D eigenvalue weighted by molar-refractivity contribution is 8.00. The van der Waals surface area contributed by atoms with Crippen LogP contribution in [0.5, 0.6) is 5.75 Å². The number of nitrogens with one attached hydrogen (secondary N) is 2. The number of methoxy groups -OCH3 is 1. The molecule has 4 aromatic heterocycles. The number of nitriles is 2. The lowest BCUT2D eigenvalue weighted by molar-refractivity contribution is -0.118. The number of pyridine rings is 2. The van der Waals surface area contributed by atoms with Gasteiger partial charge in [-0.05, 0) is 82.6 Å². The molecule has 0 atom stereocenters. The number of thioether (sulfide) groups is 2. The van der Waals surface area contributed by atoms with Gasteiger partial charge in [0.15, 0.2) is 5.82 Å². The van der Waals surface area contributed by atoms with Crippen molar-refractivity contribution in [2.24, 2.45) is 0 Å². The maximum absolute atomic E-state index is 13.3. The molecule has 0 unspecified atom stereocenters. The van der Waals surface area contributed by atoms with Gasteiger partial charge < -0.3 is 19.9 Å². The predicted molar refractivity (Wildman–Crippen MR) is 253 cm³/mol. The van der Waals surface area contributed by atoms with Gasteiger partial charge in [-0.25, -0.2) is 9.97 Å². The van der Waals surface area contributed by atoms with E-state index in [4.69, 9.17) is 19.2 Å². The number of rotatable bonds is 15. The molecule has 64 heavy (non-hydrogen) atoms. The Bertz CT molecular complexity index is 3050. The molecule has 0 saturated heterocycles. The third kappa shape index (κ3) is 10.2. The van der Waals surface area contributed by atoms with Gasteiger partial charge in [0.05, 0.1) is 46.0 Å². The van der Waals surface area contributed by atoms with Crippen LogP contribution >= 0.6 is 34.9 Å². The minimum Gasteiger partial charge on any atom is -0.497 e. The second-order valence-electron chi connectivity index (χ2n) is 14.3. The second kappa shape index (κ2) is 20.1. The molecule has 4 aromatic carbocycles. The molecule has 0 bridgehead atoms. The molecule has 0 aliphatic carbocycles. The van der Waals surface area contributed by atoms with Crippen molar-refractivity contribution < 1.29 is 18.8 Å². The summed E-state index contributed by atoms with van der Waals surface area (Å²) in [6.07, 6.45) is 0. The van der Waals surface area contributed by atoms with Crippen LogP contribution in [0.1, 0.15) is 22.5 Å². The van der Waals surface area contributed by atoms with Crippen molar-refractivity contribution in [1.82, 2.24) is 20.4 Å². The van der Waals surface area contributed by atoms with Crippen molar-refractivity contribution in [3.05, 3.63) is 161 Å². The number of carbonyl (C=O) groups excluding carboxylic acids is 2. The number of hydrogen-bond donors (Lipinski definition) is 2. The van der Waals surface area contributed by atoms with Crippen LogP contribution in [0.4, 0.5) is 5.82 Å². The number of ether oxygens (including phenoxy) is 1. The molecule has 0 fully saturated rings. The fraction of sp³-hybridized carbons (Fsp3) is 0.100. The van der Waals surface area contributed by atoms with Crippen molar-refractivity contribution >= 4 is 52.5 Å². The van der Waals surface area contributed by atoms with Gasteiger partial charge in [-0.1, -0.05) is 114 Å². The molecular formula is C50H37N7O4S3. The first-order valence-corrected chi connectivity index (χ1v) is 22.7. The fourth-order valence-corrected chi connectivity index (χ4v) is 9.17. The number of nitrogens with zero attached hydrogens (tertiary/aromatic N) is 5. The van der Waals surface area contributed by atoms with E-state index >= 15 is 0 Å².